The van der Waals surface area contributed by atoms with Crippen molar-refractivity contribution >= 4 is 29.2 Å². The van der Waals surface area contributed by atoms with Gasteiger partial charge in [0.25, 0.3) is 0 Å². The van der Waals surface area contributed by atoms with E-state index in [-0.39, 0.29) is 5.54 Å². The molecule has 0 aromatic carbocycles. The van der Waals surface area contributed by atoms with Gasteiger partial charge < -0.3 is 5.43 Å². The Bertz CT molecular complexity index is 188. The maximum absolute atomic E-state index is 4.90. The van der Waals surface area contributed by atoms with Gasteiger partial charge in [0, 0.05) is 12.6 Å². The molecule has 2 nitrogen and oxygen atoms in total. The van der Waals surface area contributed by atoms with Crippen LogP contribution < -0.4 is 5.43 Å². The highest BCUT2D eigenvalue weighted by Gasteiger charge is 2.31. The lowest BCUT2D eigenvalue weighted by Crippen LogP contribution is -2.53. The van der Waals surface area contributed by atoms with E-state index in [1.54, 1.807) is 0 Å². The van der Waals surface area contributed by atoms with Crippen molar-refractivity contribution in [2.75, 3.05) is 7.05 Å². The molecular weight excluding hydrogens is 200 g/mol. The third-order valence-electron chi connectivity index (χ3n) is 3.00. The molecular formula is C9H18N2S2. The van der Waals surface area contributed by atoms with E-state index < -0.39 is 0 Å². The predicted molar refractivity (Wildman–Crippen MR) is 64.0 cm³/mol. The van der Waals surface area contributed by atoms with Crippen LogP contribution in [0.3, 0.4) is 0 Å². The first kappa shape index (κ1) is 11.3. The lowest BCUT2D eigenvalue weighted by molar-refractivity contribution is 0.0698. The van der Waals surface area contributed by atoms with Crippen LogP contribution in [0.1, 0.15) is 39.0 Å². The molecule has 0 aromatic rings. The lowest BCUT2D eigenvalue weighted by atomic mass is 9.83. The van der Waals surface area contributed by atoms with Gasteiger partial charge in [0.05, 0.1) is 0 Å². The van der Waals surface area contributed by atoms with Crippen LogP contribution in [0.2, 0.25) is 0 Å². The van der Waals surface area contributed by atoms with Gasteiger partial charge in [-0.2, -0.15) is 0 Å². The summed E-state index contributed by atoms with van der Waals surface area (Å²) < 4.78 is 0.550. The zero-order valence-corrected chi connectivity index (χ0v) is 10.0. The summed E-state index contributed by atoms with van der Waals surface area (Å²) >= 11 is 8.98. The van der Waals surface area contributed by atoms with Crippen LogP contribution in [-0.2, 0) is 0 Å². The quantitative estimate of drug-likeness (QED) is 0.420. The van der Waals surface area contributed by atoms with Crippen molar-refractivity contribution < 1.29 is 0 Å². The molecule has 1 aliphatic rings. The van der Waals surface area contributed by atoms with Gasteiger partial charge in [-0.05, 0) is 19.8 Å². The number of hydrazine groups is 1. The van der Waals surface area contributed by atoms with Crippen LogP contribution in [0.15, 0.2) is 0 Å². The van der Waals surface area contributed by atoms with Gasteiger partial charge in [0.2, 0.25) is 0 Å². The molecule has 4 heteroatoms. The van der Waals surface area contributed by atoms with Crippen molar-refractivity contribution in [3.63, 3.8) is 0 Å². The highest BCUT2D eigenvalue weighted by atomic mass is 32.1. The van der Waals surface area contributed by atoms with E-state index in [0.29, 0.717) is 4.32 Å². The van der Waals surface area contributed by atoms with Gasteiger partial charge in [0.1, 0.15) is 4.32 Å². The maximum Gasteiger partial charge on any atom is 0.145 e. The molecule has 13 heavy (non-hydrogen) atoms. The van der Waals surface area contributed by atoms with Gasteiger partial charge in [-0.3, -0.25) is 0 Å². The molecule has 1 N–H and O–H groups in total. The molecule has 0 amide bonds. The number of hydrogen-bond acceptors (Lipinski definition) is 2. The van der Waals surface area contributed by atoms with Crippen molar-refractivity contribution in [1.82, 2.24) is 10.4 Å². The number of rotatable bonds is 2. The second-order valence-corrected chi connectivity index (χ2v) is 5.19. The molecule has 0 bridgehead atoms. The van der Waals surface area contributed by atoms with Crippen molar-refractivity contribution in [3.8, 4) is 0 Å². The normalized spacial score (nSPS) is 21.5. The predicted octanol–water partition coefficient (Wildman–Crippen LogP) is 2.36. The van der Waals surface area contributed by atoms with Crippen LogP contribution in [0, 0.1) is 0 Å². The summed E-state index contributed by atoms with van der Waals surface area (Å²) in [6, 6.07) is 0. The van der Waals surface area contributed by atoms with E-state index in [4.69, 9.17) is 12.2 Å². The maximum atomic E-state index is 4.90. The van der Waals surface area contributed by atoms with E-state index in [1.165, 1.54) is 32.1 Å². The van der Waals surface area contributed by atoms with Crippen molar-refractivity contribution in [3.05, 3.63) is 0 Å². The van der Waals surface area contributed by atoms with E-state index in [2.05, 4.69) is 30.0 Å². The fourth-order valence-electron chi connectivity index (χ4n) is 1.93. The fraction of sp³-hybridized carbons (Fsp3) is 0.889. The topological polar surface area (TPSA) is 15.3 Å². The molecule has 0 saturated heterocycles. The molecule has 0 radical (unpaired) electrons. The van der Waals surface area contributed by atoms with Gasteiger partial charge in [-0.1, -0.05) is 31.5 Å². The molecule has 0 atom stereocenters. The summed E-state index contributed by atoms with van der Waals surface area (Å²) in [5.74, 6) is 0. The Labute approximate surface area is 91.4 Å². The Morgan fingerprint density at radius 2 is 1.92 bits per heavy atom. The molecule has 0 unspecified atom stereocenters. The van der Waals surface area contributed by atoms with Crippen LogP contribution in [-0.4, -0.2) is 21.9 Å². The Morgan fingerprint density at radius 3 is 2.38 bits per heavy atom. The number of nitrogens with one attached hydrogen (secondary N) is 1. The average Bonchev–Trinajstić information content (AvgIpc) is 2.04. The molecule has 1 rings (SSSR count). The Kier molecular flexibility index (Phi) is 4.01. The molecule has 1 aliphatic carbocycles. The Morgan fingerprint density at radius 1 is 1.38 bits per heavy atom. The van der Waals surface area contributed by atoms with E-state index in [9.17, 15) is 0 Å². The summed E-state index contributed by atoms with van der Waals surface area (Å²) in [7, 11) is 2.05. The largest absolute Gasteiger partial charge is 0.304 e. The third-order valence-corrected chi connectivity index (χ3v) is 3.20. The summed E-state index contributed by atoms with van der Waals surface area (Å²) in [5, 5.41) is 2.11. The molecule has 0 heterocycles. The van der Waals surface area contributed by atoms with Gasteiger partial charge >= 0.3 is 0 Å². The third kappa shape index (κ3) is 3.11. The van der Waals surface area contributed by atoms with Crippen LogP contribution >= 0.6 is 24.8 Å². The Balaban J connectivity index is 2.51. The van der Waals surface area contributed by atoms with Crippen LogP contribution in [0.25, 0.3) is 0 Å². The van der Waals surface area contributed by atoms with Gasteiger partial charge in [-0.25, -0.2) is 5.01 Å². The Hall–Kier alpha value is 0.200. The zero-order chi connectivity index (χ0) is 9.90. The second-order valence-electron chi connectivity index (χ2n) is 4.03. The number of thiol groups is 1. The smallest absolute Gasteiger partial charge is 0.145 e. The van der Waals surface area contributed by atoms with Crippen molar-refractivity contribution in [2.45, 2.75) is 44.6 Å². The summed E-state index contributed by atoms with van der Waals surface area (Å²) in [5.41, 5.74) is 3.34. The SMILES string of the molecule is CN(NC(=S)S)C1(C)CCCCC1. The zero-order valence-electron chi connectivity index (χ0n) is 8.34. The monoisotopic (exact) mass is 218 g/mol. The highest BCUT2D eigenvalue weighted by Crippen LogP contribution is 2.31. The minimum atomic E-state index is 0.255. The minimum Gasteiger partial charge on any atom is -0.304 e. The highest BCUT2D eigenvalue weighted by molar-refractivity contribution is 8.11. The van der Waals surface area contributed by atoms with Gasteiger partial charge in [-0.15, -0.1) is 12.6 Å². The molecule has 76 valence electrons. The number of nitrogens with zero attached hydrogens (tertiary/aromatic N) is 1. The number of hydrogen-bond donors (Lipinski definition) is 2. The first-order valence-electron chi connectivity index (χ1n) is 4.78. The van der Waals surface area contributed by atoms with Crippen LogP contribution in [0.4, 0.5) is 0 Å². The van der Waals surface area contributed by atoms with E-state index >= 15 is 0 Å². The molecule has 1 fully saturated rings. The van der Waals surface area contributed by atoms with Crippen molar-refractivity contribution in [1.29, 1.82) is 0 Å². The standard InChI is InChI=1S/C9H18N2S2/c1-9(6-4-3-5-7-9)11(2)10-8(12)13/h3-7H2,1-2H3,(H2,10,12,13). The summed E-state index contributed by atoms with van der Waals surface area (Å²) in [6.07, 6.45) is 6.50. The average molecular weight is 218 g/mol. The minimum absolute atomic E-state index is 0.255. The first-order chi connectivity index (χ1) is 6.04. The molecule has 0 spiro atoms. The molecule has 0 aliphatic heterocycles. The molecule has 1 saturated carbocycles. The van der Waals surface area contributed by atoms with Gasteiger partial charge in [0.15, 0.2) is 0 Å². The summed E-state index contributed by atoms with van der Waals surface area (Å²) in [4.78, 5) is 0. The lowest BCUT2D eigenvalue weighted by Gasteiger charge is -2.41. The summed E-state index contributed by atoms with van der Waals surface area (Å²) in [6.45, 7) is 2.28. The van der Waals surface area contributed by atoms with E-state index in [1.807, 2.05) is 7.05 Å². The first-order valence-corrected chi connectivity index (χ1v) is 5.63. The number of thiocarbonyl (C=S) groups is 1. The van der Waals surface area contributed by atoms with Crippen molar-refractivity contribution in [2.24, 2.45) is 0 Å². The van der Waals surface area contributed by atoms with E-state index in [0.717, 1.165) is 0 Å². The van der Waals surface area contributed by atoms with Crippen LogP contribution in [0.5, 0.6) is 0 Å². The molecule has 0 aromatic heterocycles. The fourth-order valence-corrected chi connectivity index (χ4v) is 2.21. The second kappa shape index (κ2) is 4.62.